The van der Waals surface area contributed by atoms with Crippen LogP contribution < -0.4 is 10.1 Å². The standard InChI is InChI=1S/C16H13N3O4S2/c1-2-23-10-3-6-12-13(9-10)25-16(17-12)18-14(20)7-4-11-5-8-15(24-11)19(21)22/h3-9H,2H2,1H3,(H,17,18,20). The Morgan fingerprint density at radius 3 is 2.92 bits per heavy atom. The zero-order chi connectivity index (χ0) is 17.8. The van der Waals surface area contributed by atoms with Crippen LogP contribution in [0, 0.1) is 10.1 Å². The van der Waals surface area contributed by atoms with Crippen molar-refractivity contribution in [3.05, 3.63) is 51.4 Å². The van der Waals surface area contributed by atoms with Crippen LogP contribution in [0.25, 0.3) is 16.3 Å². The first-order chi connectivity index (χ1) is 12.0. The van der Waals surface area contributed by atoms with Crippen LogP contribution in [0.4, 0.5) is 10.1 Å². The smallest absolute Gasteiger partial charge is 0.324 e. The second kappa shape index (κ2) is 7.41. The molecule has 1 amide bonds. The van der Waals surface area contributed by atoms with Crippen LogP contribution in [0.3, 0.4) is 0 Å². The van der Waals surface area contributed by atoms with E-state index >= 15 is 0 Å². The van der Waals surface area contributed by atoms with Gasteiger partial charge in [0.15, 0.2) is 5.13 Å². The molecule has 0 atom stereocenters. The van der Waals surface area contributed by atoms with Crippen LogP contribution in [0.1, 0.15) is 11.8 Å². The summed E-state index contributed by atoms with van der Waals surface area (Å²) in [6.07, 6.45) is 2.86. The van der Waals surface area contributed by atoms with Gasteiger partial charge in [0.05, 0.1) is 21.7 Å². The second-order valence-corrected chi connectivity index (χ2v) is 6.96. The predicted molar refractivity (Wildman–Crippen MR) is 99.4 cm³/mol. The largest absolute Gasteiger partial charge is 0.494 e. The number of fused-ring (bicyclic) bond motifs is 1. The van der Waals surface area contributed by atoms with E-state index in [9.17, 15) is 14.9 Å². The third-order valence-electron chi connectivity index (χ3n) is 3.09. The molecule has 2 aromatic heterocycles. The van der Waals surface area contributed by atoms with Gasteiger partial charge in [0, 0.05) is 17.0 Å². The molecular formula is C16H13N3O4S2. The number of nitrogens with one attached hydrogen (secondary N) is 1. The van der Waals surface area contributed by atoms with Crippen molar-refractivity contribution in [3.63, 3.8) is 0 Å². The molecule has 1 aromatic carbocycles. The fourth-order valence-corrected chi connectivity index (χ4v) is 3.67. The molecule has 2 heterocycles. The number of anilines is 1. The van der Waals surface area contributed by atoms with Gasteiger partial charge in [0.2, 0.25) is 5.91 Å². The van der Waals surface area contributed by atoms with Crippen molar-refractivity contribution in [3.8, 4) is 5.75 Å². The van der Waals surface area contributed by atoms with Gasteiger partial charge in [0.1, 0.15) is 5.75 Å². The number of nitro groups is 1. The van der Waals surface area contributed by atoms with Gasteiger partial charge in [0.25, 0.3) is 0 Å². The highest BCUT2D eigenvalue weighted by molar-refractivity contribution is 7.22. The molecule has 0 saturated carbocycles. The highest BCUT2D eigenvalue weighted by atomic mass is 32.1. The number of hydrogen-bond acceptors (Lipinski definition) is 7. The molecule has 3 aromatic rings. The SMILES string of the molecule is CCOc1ccc2nc(NC(=O)C=Cc3ccc([N+](=O)[O-])s3)sc2c1. The Morgan fingerprint density at radius 1 is 1.36 bits per heavy atom. The zero-order valence-electron chi connectivity index (χ0n) is 13.1. The summed E-state index contributed by atoms with van der Waals surface area (Å²) in [6, 6.07) is 8.56. The van der Waals surface area contributed by atoms with Gasteiger partial charge < -0.3 is 4.74 Å². The summed E-state index contributed by atoms with van der Waals surface area (Å²) in [7, 11) is 0. The van der Waals surface area contributed by atoms with Crippen LogP contribution in [0.2, 0.25) is 0 Å². The molecule has 0 aliphatic heterocycles. The molecule has 0 aliphatic carbocycles. The summed E-state index contributed by atoms with van der Waals surface area (Å²) < 4.78 is 6.36. The van der Waals surface area contributed by atoms with Gasteiger partial charge in [-0.1, -0.05) is 22.7 Å². The van der Waals surface area contributed by atoms with Gasteiger partial charge in [-0.3, -0.25) is 20.2 Å². The molecule has 7 nitrogen and oxygen atoms in total. The van der Waals surface area contributed by atoms with Gasteiger partial charge in [-0.25, -0.2) is 4.98 Å². The summed E-state index contributed by atoms with van der Waals surface area (Å²) in [5, 5.41) is 13.9. The van der Waals surface area contributed by atoms with Crippen LogP contribution in [-0.4, -0.2) is 22.4 Å². The Kier molecular flexibility index (Phi) is 5.05. The summed E-state index contributed by atoms with van der Waals surface area (Å²) in [6.45, 7) is 2.50. The van der Waals surface area contributed by atoms with E-state index in [-0.39, 0.29) is 10.9 Å². The minimum absolute atomic E-state index is 0.0383. The number of thiophene rings is 1. The Bertz CT molecular complexity index is 961. The van der Waals surface area contributed by atoms with Gasteiger partial charge in [-0.15, -0.1) is 0 Å². The van der Waals surface area contributed by atoms with Crippen molar-refractivity contribution in [2.75, 3.05) is 11.9 Å². The maximum Gasteiger partial charge on any atom is 0.324 e. The van der Waals surface area contributed by atoms with Crippen molar-refractivity contribution in [2.24, 2.45) is 0 Å². The lowest BCUT2D eigenvalue weighted by Crippen LogP contribution is -2.06. The number of thiazole rings is 1. The Morgan fingerprint density at radius 2 is 2.20 bits per heavy atom. The number of aromatic nitrogens is 1. The number of nitrogens with zero attached hydrogens (tertiary/aromatic N) is 2. The molecule has 0 bridgehead atoms. The number of amides is 1. The quantitative estimate of drug-likeness (QED) is 0.393. The Hall–Kier alpha value is -2.78. The minimum atomic E-state index is -0.459. The van der Waals surface area contributed by atoms with E-state index in [2.05, 4.69) is 10.3 Å². The highest BCUT2D eigenvalue weighted by Gasteiger charge is 2.09. The number of benzene rings is 1. The maximum absolute atomic E-state index is 12.0. The molecule has 3 rings (SSSR count). The van der Waals surface area contributed by atoms with Crippen molar-refractivity contribution < 1.29 is 14.5 Å². The lowest BCUT2D eigenvalue weighted by Gasteiger charge is -2.00. The number of rotatable bonds is 6. The third-order valence-corrected chi connectivity index (χ3v) is 5.03. The average Bonchev–Trinajstić information content (AvgIpc) is 3.19. The number of carbonyl (C=O) groups excluding carboxylic acids is 1. The summed E-state index contributed by atoms with van der Waals surface area (Å²) in [5.74, 6) is 0.413. The molecule has 128 valence electrons. The molecule has 0 saturated heterocycles. The van der Waals surface area contributed by atoms with Crippen LogP contribution in [0.5, 0.6) is 5.75 Å². The minimum Gasteiger partial charge on any atom is -0.494 e. The number of hydrogen-bond donors (Lipinski definition) is 1. The highest BCUT2D eigenvalue weighted by Crippen LogP contribution is 2.29. The molecule has 25 heavy (non-hydrogen) atoms. The van der Waals surface area contributed by atoms with E-state index in [4.69, 9.17) is 4.74 Å². The predicted octanol–water partition coefficient (Wildman–Crippen LogP) is 4.32. The summed E-state index contributed by atoms with van der Waals surface area (Å²) >= 11 is 2.36. The van der Waals surface area contributed by atoms with Crippen molar-refractivity contribution in [1.29, 1.82) is 0 Å². The summed E-state index contributed by atoms with van der Waals surface area (Å²) in [4.78, 5) is 27.1. The van der Waals surface area contributed by atoms with Gasteiger partial charge in [-0.05, 0) is 37.3 Å². The van der Waals surface area contributed by atoms with E-state index in [0.717, 1.165) is 27.3 Å². The zero-order valence-corrected chi connectivity index (χ0v) is 14.7. The average molecular weight is 375 g/mol. The number of ether oxygens (including phenoxy) is 1. The fraction of sp³-hybridized carbons (Fsp3) is 0.125. The Labute approximate surface area is 150 Å². The maximum atomic E-state index is 12.0. The normalized spacial score (nSPS) is 11.1. The number of carbonyl (C=O) groups is 1. The molecule has 0 fully saturated rings. The first-order valence-corrected chi connectivity index (χ1v) is 8.95. The van der Waals surface area contributed by atoms with E-state index in [1.807, 2.05) is 25.1 Å². The molecular weight excluding hydrogens is 362 g/mol. The molecule has 0 radical (unpaired) electrons. The molecule has 1 N–H and O–H groups in total. The lowest BCUT2D eigenvalue weighted by atomic mass is 10.3. The van der Waals surface area contributed by atoms with Gasteiger partial charge >= 0.3 is 5.00 Å². The van der Waals surface area contributed by atoms with E-state index in [1.165, 1.54) is 29.6 Å². The summed E-state index contributed by atoms with van der Waals surface area (Å²) in [5.41, 5.74) is 0.779. The monoisotopic (exact) mass is 375 g/mol. The van der Waals surface area contributed by atoms with Gasteiger partial charge in [-0.2, -0.15) is 0 Å². The van der Waals surface area contributed by atoms with Crippen molar-refractivity contribution >= 4 is 55.0 Å². The van der Waals surface area contributed by atoms with E-state index in [1.54, 1.807) is 6.07 Å². The fourth-order valence-electron chi connectivity index (χ4n) is 2.05. The molecule has 0 aliphatic rings. The third kappa shape index (κ3) is 4.20. The van der Waals surface area contributed by atoms with Crippen molar-refractivity contribution in [1.82, 2.24) is 4.98 Å². The topological polar surface area (TPSA) is 94.4 Å². The second-order valence-electron chi connectivity index (χ2n) is 4.84. The van der Waals surface area contributed by atoms with E-state index in [0.29, 0.717) is 16.6 Å². The molecule has 0 spiro atoms. The lowest BCUT2D eigenvalue weighted by molar-refractivity contribution is -0.380. The van der Waals surface area contributed by atoms with Crippen LogP contribution in [0.15, 0.2) is 36.4 Å². The molecule has 0 unspecified atom stereocenters. The van der Waals surface area contributed by atoms with Crippen LogP contribution in [-0.2, 0) is 4.79 Å². The van der Waals surface area contributed by atoms with Crippen LogP contribution >= 0.6 is 22.7 Å². The van der Waals surface area contributed by atoms with E-state index < -0.39 is 4.92 Å². The first kappa shape index (κ1) is 17.1. The van der Waals surface area contributed by atoms with Crippen molar-refractivity contribution in [2.45, 2.75) is 6.92 Å². The Balaban J connectivity index is 1.68. The molecule has 9 heteroatoms. The first-order valence-electron chi connectivity index (χ1n) is 7.32.